The zero-order valence-corrected chi connectivity index (χ0v) is 46.0. The summed E-state index contributed by atoms with van der Waals surface area (Å²) in [6, 6.07) is -7.36. The third kappa shape index (κ3) is 16.7. The van der Waals surface area contributed by atoms with Crippen molar-refractivity contribution in [3.05, 3.63) is 0 Å². The van der Waals surface area contributed by atoms with Gasteiger partial charge in [-0.1, -0.05) is 0 Å². The summed E-state index contributed by atoms with van der Waals surface area (Å²) in [7, 11) is 0. The molecule has 0 saturated carbocycles. The third-order valence-electron chi connectivity index (χ3n) is 14.7. The predicted molar refractivity (Wildman–Crippen MR) is 265 cm³/mol. The van der Waals surface area contributed by atoms with Crippen LogP contribution in [0.25, 0.3) is 0 Å². The number of aliphatic carboxylic acids is 1. The Hall–Kier alpha value is -3.77. The molecular formula is C47H80N4O34. The van der Waals surface area contributed by atoms with Crippen molar-refractivity contribution in [1.29, 1.82) is 0 Å². The maximum Gasteiger partial charge on any atom is 0.364 e. The highest BCUT2D eigenvalue weighted by Gasteiger charge is 2.62. The minimum atomic E-state index is -3.39. The molecule has 5 aliphatic heterocycles. The number of carboxylic acids is 1. The standard InChI is InChI=1S/C47H80N4O34/c1-13(59)48-17(6-52)36(28(66)19(64)7-53)80-44-34(72)33(71)37(23(11-57)79-44)81-45-35(73)41(31(69)22(10-56)77-45)83-43-27(51-16(4)62)40(38(24(12-58)78-43)82-42-26(50-15(3)61)32(70)30(68)21(9-55)76-42)85-47(46(74)75)5-18(63)25(49-14(2)60)39(84-47)29(67)20(65)8-54/h17-45,52-58,63-73H,5-12H2,1-4H3,(H,48,59)(H,49,60)(H,50,61)(H,51,62)(H,74,75)/t17-,18-,19+,20+,21+,22+,23+,24+,25+,26+,27+,28-,29+,30-,31-,32+,33+,34+,35+,36+,37-,38-,39+,40+,41-,42-,43-,44-,45-,47-/m0/s1. The summed E-state index contributed by atoms with van der Waals surface area (Å²) in [5.74, 6) is -9.20. The van der Waals surface area contributed by atoms with Crippen molar-refractivity contribution in [2.75, 3.05) is 46.2 Å². The molecule has 492 valence electrons. The molecule has 5 fully saturated rings. The molecular weight excluding hydrogens is 1160 g/mol. The number of carbonyl (C=O) groups excluding carboxylic acids is 4. The molecule has 30 atom stereocenters. The zero-order valence-electron chi connectivity index (χ0n) is 46.0. The number of carbonyl (C=O) groups is 5. The molecule has 5 rings (SSSR count). The summed E-state index contributed by atoms with van der Waals surface area (Å²) in [6.07, 6.45) is -54.6. The number of carboxylic acid groups (broad SMARTS) is 1. The van der Waals surface area contributed by atoms with Crippen molar-refractivity contribution in [2.45, 2.75) is 217 Å². The van der Waals surface area contributed by atoms with Crippen molar-refractivity contribution >= 4 is 29.6 Å². The van der Waals surface area contributed by atoms with Gasteiger partial charge in [0.25, 0.3) is 5.79 Å². The van der Waals surface area contributed by atoms with E-state index in [0.717, 1.165) is 27.7 Å². The van der Waals surface area contributed by atoms with Gasteiger partial charge in [0.05, 0.1) is 64.4 Å². The third-order valence-corrected chi connectivity index (χ3v) is 14.7. The second-order valence-corrected chi connectivity index (χ2v) is 20.9. The van der Waals surface area contributed by atoms with E-state index in [0.29, 0.717) is 0 Å². The van der Waals surface area contributed by atoms with E-state index >= 15 is 0 Å². The quantitative estimate of drug-likeness (QED) is 0.0363. The fraction of sp³-hybridized carbons (Fsp3) is 0.894. The monoisotopic (exact) mass is 1240 g/mol. The van der Waals surface area contributed by atoms with Crippen LogP contribution in [0.15, 0.2) is 0 Å². The number of hydrogen-bond donors (Lipinski definition) is 23. The van der Waals surface area contributed by atoms with Crippen LogP contribution in [0, 0.1) is 0 Å². The average molecular weight is 1250 g/mol. The van der Waals surface area contributed by atoms with Crippen molar-refractivity contribution < 1.29 is 168 Å². The molecule has 5 heterocycles. The van der Waals surface area contributed by atoms with Gasteiger partial charge in [0.2, 0.25) is 23.6 Å². The minimum Gasteiger partial charge on any atom is -0.477 e. The Balaban J connectivity index is 1.59. The lowest BCUT2D eigenvalue weighted by Crippen LogP contribution is -2.73. The Labute approximate surface area is 482 Å². The van der Waals surface area contributed by atoms with Crippen LogP contribution in [0.1, 0.15) is 34.1 Å². The number of nitrogens with one attached hydrogen (secondary N) is 4. The van der Waals surface area contributed by atoms with E-state index in [4.69, 9.17) is 47.4 Å². The maximum absolute atomic E-state index is 13.7. The molecule has 5 aliphatic rings. The number of ether oxygens (including phenoxy) is 10. The van der Waals surface area contributed by atoms with Crippen molar-refractivity contribution in [3.8, 4) is 0 Å². The van der Waals surface area contributed by atoms with Gasteiger partial charge in [0.15, 0.2) is 25.2 Å². The normalized spacial score (nSPS) is 41.0. The first-order valence-corrected chi connectivity index (χ1v) is 26.6. The van der Waals surface area contributed by atoms with Crippen molar-refractivity contribution in [2.24, 2.45) is 0 Å². The predicted octanol–water partition coefficient (Wildman–Crippen LogP) is -14.7. The fourth-order valence-electron chi connectivity index (χ4n) is 10.4. The highest BCUT2D eigenvalue weighted by atomic mass is 16.8. The SMILES string of the molecule is CC(=O)N[C@H]1[C@H](O[C@@H]2[C@H](O[C@]3(C(=O)O)C[C@H](O)[C@@H](NC(C)=O)[C@H]([C@H](O)[C@H](O)CO)O3)[C@@H](NC(C)=O)[C@H](O[C@H]3[C@@H](O)[C@@H](CO)O[C@@H](O[C@@H]4[C@H](O)[C@@H](O)[C@H](O[C@@H]([C@@H](O)[C@H](O)CO)[C@H](CO)NC(C)=O)O[C@@H]4CO)[C@@H]3O)O[C@@H]2CO)O[C@H](CO)[C@H](O)[C@@H]1O. The molecule has 38 heteroatoms. The largest absolute Gasteiger partial charge is 0.477 e. The maximum atomic E-state index is 13.7. The van der Waals surface area contributed by atoms with E-state index in [1.165, 1.54) is 0 Å². The Bertz CT molecular complexity index is 2160. The Kier molecular flexibility index (Phi) is 26.8. The molecule has 0 aromatic heterocycles. The number of aliphatic hydroxyl groups is 18. The number of hydrogen-bond acceptors (Lipinski definition) is 33. The van der Waals surface area contributed by atoms with Crippen LogP contribution in [0.5, 0.6) is 0 Å². The lowest BCUT2D eigenvalue weighted by Gasteiger charge is -2.53. The Morgan fingerprint density at radius 1 is 0.506 bits per heavy atom. The molecule has 5 saturated heterocycles. The van der Waals surface area contributed by atoms with E-state index < -0.39 is 266 Å². The first-order chi connectivity index (χ1) is 40.0. The smallest absolute Gasteiger partial charge is 0.364 e. The second-order valence-electron chi connectivity index (χ2n) is 20.9. The van der Waals surface area contributed by atoms with Gasteiger partial charge in [-0.2, -0.15) is 0 Å². The Morgan fingerprint density at radius 2 is 0.988 bits per heavy atom. The molecule has 0 aromatic rings. The van der Waals surface area contributed by atoms with Gasteiger partial charge in [0, 0.05) is 34.1 Å². The number of amides is 4. The molecule has 38 nitrogen and oxygen atoms in total. The van der Waals surface area contributed by atoms with Crippen LogP contribution < -0.4 is 21.3 Å². The van der Waals surface area contributed by atoms with Crippen LogP contribution in [0.4, 0.5) is 0 Å². The van der Waals surface area contributed by atoms with Gasteiger partial charge in [-0.25, -0.2) is 4.79 Å². The molecule has 0 radical (unpaired) electrons. The summed E-state index contributed by atoms with van der Waals surface area (Å²) in [4.78, 5) is 63.8. The average Bonchev–Trinajstić information content (AvgIpc) is 1.36. The Morgan fingerprint density at radius 3 is 1.52 bits per heavy atom. The van der Waals surface area contributed by atoms with E-state index in [1.54, 1.807) is 0 Å². The van der Waals surface area contributed by atoms with Crippen molar-refractivity contribution in [1.82, 2.24) is 21.3 Å². The lowest BCUT2D eigenvalue weighted by molar-refractivity contribution is -0.394. The van der Waals surface area contributed by atoms with Gasteiger partial charge >= 0.3 is 5.97 Å². The summed E-state index contributed by atoms with van der Waals surface area (Å²) in [6.45, 7) is -4.09. The van der Waals surface area contributed by atoms with Gasteiger partial charge in [-0.05, 0) is 0 Å². The van der Waals surface area contributed by atoms with Gasteiger partial charge < -0.3 is 166 Å². The fourth-order valence-corrected chi connectivity index (χ4v) is 10.4. The second kappa shape index (κ2) is 31.6. The van der Waals surface area contributed by atoms with E-state index in [1.807, 2.05) is 0 Å². The summed E-state index contributed by atoms with van der Waals surface area (Å²) < 4.78 is 59.1. The van der Waals surface area contributed by atoms with Crippen LogP contribution in [0.2, 0.25) is 0 Å². The minimum absolute atomic E-state index is 0.790. The molecule has 0 spiro atoms. The number of aliphatic hydroxyl groups excluding tert-OH is 18. The lowest BCUT2D eigenvalue weighted by atomic mass is 9.87. The van der Waals surface area contributed by atoms with E-state index in [-0.39, 0.29) is 0 Å². The van der Waals surface area contributed by atoms with Crippen LogP contribution in [0.3, 0.4) is 0 Å². The molecule has 0 aromatic carbocycles. The topological polar surface area (TPSA) is 610 Å². The van der Waals surface area contributed by atoms with Crippen LogP contribution in [-0.2, 0) is 71.3 Å². The van der Waals surface area contributed by atoms with E-state index in [2.05, 4.69) is 21.3 Å². The molecule has 0 aliphatic carbocycles. The van der Waals surface area contributed by atoms with Gasteiger partial charge in [-0.15, -0.1) is 0 Å². The first kappa shape index (κ1) is 72.0. The highest BCUT2D eigenvalue weighted by molar-refractivity contribution is 5.77. The van der Waals surface area contributed by atoms with Gasteiger partial charge in [0.1, 0.15) is 134 Å². The zero-order chi connectivity index (χ0) is 63.7. The van der Waals surface area contributed by atoms with E-state index in [9.17, 15) is 121 Å². The summed E-state index contributed by atoms with van der Waals surface area (Å²) in [5.41, 5.74) is 0. The van der Waals surface area contributed by atoms with Crippen LogP contribution in [-0.4, -0.2) is 356 Å². The highest BCUT2D eigenvalue weighted by Crippen LogP contribution is 2.41. The van der Waals surface area contributed by atoms with Gasteiger partial charge in [-0.3, -0.25) is 19.2 Å². The van der Waals surface area contributed by atoms with Crippen molar-refractivity contribution in [3.63, 3.8) is 0 Å². The van der Waals surface area contributed by atoms with Crippen LogP contribution >= 0.6 is 0 Å². The molecule has 0 bridgehead atoms. The molecule has 0 unspecified atom stereocenters. The first-order valence-electron chi connectivity index (χ1n) is 26.6. The molecule has 23 N–H and O–H groups in total. The molecule has 4 amide bonds. The summed E-state index contributed by atoms with van der Waals surface area (Å²) in [5, 5.41) is 215. The number of rotatable bonds is 27. The summed E-state index contributed by atoms with van der Waals surface area (Å²) >= 11 is 0. The molecule has 85 heavy (non-hydrogen) atoms.